The summed E-state index contributed by atoms with van der Waals surface area (Å²) in [7, 11) is 0. The standard InChI is InChI=1S/C12H21N3/c1-2-4-12(3-1)11-15-9-7-13-5-6-14-8-10-15/h1-3,13-14H,4-11H2. The van der Waals surface area contributed by atoms with Crippen LogP contribution in [-0.2, 0) is 0 Å². The summed E-state index contributed by atoms with van der Waals surface area (Å²) in [5.41, 5.74) is 1.55. The van der Waals surface area contributed by atoms with Gasteiger partial charge in [-0.2, -0.15) is 0 Å². The highest BCUT2D eigenvalue weighted by atomic mass is 15.2. The fourth-order valence-corrected chi connectivity index (χ4v) is 2.07. The molecule has 0 aromatic rings. The third kappa shape index (κ3) is 3.78. The summed E-state index contributed by atoms with van der Waals surface area (Å²) in [4.78, 5) is 2.53. The van der Waals surface area contributed by atoms with E-state index in [4.69, 9.17) is 0 Å². The van der Waals surface area contributed by atoms with Gasteiger partial charge in [-0.05, 0) is 6.42 Å². The summed E-state index contributed by atoms with van der Waals surface area (Å²) >= 11 is 0. The minimum atomic E-state index is 1.10. The van der Waals surface area contributed by atoms with Crippen LogP contribution in [-0.4, -0.2) is 50.7 Å². The van der Waals surface area contributed by atoms with Crippen LogP contribution in [0.2, 0.25) is 0 Å². The summed E-state index contributed by atoms with van der Waals surface area (Å²) < 4.78 is 0. The zero-order valence-corrected chi connectivity index (χ0v) is 9.34. The average Bonchev–Trinajstić information content (AvgIpc) is 2.75. The Hall–Kier alpha value is -0.640. The summed E-state index contributed by atoms with van der Waals surface area (Å²) in [6.07, 6.45) is 7.81. The van der Waals surface area contributed by atoms with Gasteiger partial charge >= 0.3 is 0 Å². The Labute approximate surface area is 92.2 Å². The topological polar surface area (TPSA) is 27.3 Å². The van der Waals surface area contributed by atoms with Crippen molar-refractivity contribution >= 4 is 0 Å². The molecular weight excluding hydrogens is 186 g/mol. The molecule has 0 amide bonds. The fourth-order valence-electron chi connectivity index (χ4n) is 2.07. The Morgan fingerprint density at radius 1 is 1.07 bits per heavy atom. The average molecular weight is 207 g/mol. The Kier molecular flexibility index (Phi) is 4.39. The van der Waals surface area contributed by atoms with Gasteiger partial charge in [-0.25, -0.2) is 0 Å². The van der Waals surface area contributed by atoms with E-state index in [0.29, 0.717) is 0 Å². The number of hydrogen-bond acceptors (Lipinski definition) is 3. The van der Waals surface area contributed by atoms with E-state index >= 15 is 0 Å². The maximum atomic E-state index is 3.44. The summed E-state index contributed by atoms with van der Waals surface area (Å²) in [6, 6.07) is 0. The molecule has 1 fully saturated rings. The lowest BCUT2D eigenvalue weighted by atomic mass is 10.2. The second-order valence-corrected chi connectivity index (χ2v) is 4.23. The number of hydrogen-bond donors (Lipinski definition) is 2. The lowest BCUT2D eigenvalue weighted by Crippen LogP contribution is -2.35. The van der Waals surface area contributed by atoms with E-state index in [1.165, 1.54) is 13.1 Å². The molecule has 0 atom stereocenters. The highest BCUT2D eigenvalue weighted by Gasteiger charge is 2.09. The van der Waals surface area contributed by atoms with Crippen LogP contribution in [0.5, 0.6) is 0 Å². The summed E-state index contributed by atoms with van der Waals surface area (Å²) in [6.45, 7) is 7.88. The first kappa shape index (κ1) is 10.9. The van der Waals surface area contributed by atoms with Crippen molar-refractivity contribution in [1.82, 2.24) is 15.5 Å². The highest BCUT2D eigenvalue weighted by molar-refractivity contribution is 5.24. The zero-order valence-electron chi connectivity index (χ0n) is 9.34. The molecule has 0 spiro atoms. The molecule has 1 aliphatic carbocycles. The van der Waals surface area contributed by atoms with Gasteiger partial charge in [0.15, 0.2) is 0 Å². The van der Waals surface area contributed by atoms with Gasteiger partial charge in [0.2, 0.25) is 0 Å². The fraction of sp³-hybridized carbons (Fsp3) is 0.667. The lowest BCUT2D eigenvalue weighted by Gasteiger charge is -2.22. The van der Waals surface area contributed by atoms with Gasteiger partial charge < -0.3 is 10.6 Å². The van der Waals surface area contributed by atoms with E-state index in [1.807, 2.05) is 0 Å². The normalized spacial score (nSPS) is 24.4. The Balaban J connectivity index is 1.77. The first-order valence-electron chi connectivity index (χ1n) is 5.93. The Bertz CT molecular complexity index is 235. The van der Waals surface area contributed by atoms with E-state index in [1.54, 1.807) is 5.57 Å². The van der Waals surface area contributed by atoms with E-state index < -0.39 is 0 Å². The van der Waals surface area contributed by atoms with Gasteiger partial charge in [-0.1, -0.05) is 23.8 Å². The third-order valence-electron chi connectivity index (χ3n) is 2.96. The maximum absolute atomic E-state index is 3.44. The van der Waals surface area contributed by atoms with E-state index in [0.717, 1.165) is 39.1 Å². The number of nitrogens with zero attached hydrogens (tertiary/aromatic N) is 1. The third-order valence-corrected chi connectivity index (χ3v) is 2.96. The first-order valence-corrected chi connectivity index (χ1v) is 5.93. The SMILES string of the molecule is C1=CCC(CN2CCNCCNCC2)=C1. The summed E-state index contributed by atoms with van der Waals surface area (Å²) in [5.74, 6) is 0. The molecule has 15 heavy (non-hydrogen) atoms. The predicted octanol–water partition coefficient (Wildman–Crippen LogP) is 0.368. The number of nitrogens with one attached hydrogen (secondary N) is 2. The minimum absolute atomic E-state index is 1.10. The molecule has 1 aliphatic heterocycles. The number of allylic oxidation sites excluding steroid dienone is 3. The molecule has 0 aromatic heterocycles. The highest BCUT2D eigenvalue weighted by Crippen LogP contribution is 2.11. The van der Waals surface area contributed by atoms with Crippen molar-refractivity contribution in [2.24, 2.45) is 0 Å². The van der Waals surface area contributed by atoms with Gasteiger partial charge in [-0.15, -0.1) is 0 Å². The van der Waals surface area contributed by atoms with E-state index in [9.17, 15) is 0 Å². The van der Waals surface area contributed by atoms with E-state index in [-0.39, 0.29) is 0 Å². The first-order chi connectivity index (χ1) is 7.45. The lowest BCUT2D eigenvalue weighted by molar-refractivity contribution is 0.302. The van der Waals surface area contributed by atoms with Crippen molar-refractivity contribution in [1.29, 1.82) is 0 Å². The van der Waals surface area contributed by atoms with Crippen LogP contribution in [0.25, 0.3) is 0 Å². The second kappa shape index (κ2) is 6.05. The zero-order chi connectivity index (χ0) is 10.3. The molecule has 0 saturated carbocycles. The quantitative estimate of drug-likeness (QED) is 0.685. The minimum Gasteiger partial charge on any atom is -0.314 e. The molecule has 3 nitrogen and oxygen atoms in total. The van der Waals surface area contributed by atoms with Gasteiger partial charge in [0.05, 0.1) is 0 Å². The van der Waals surface area contributed by atoms with Crippen LogP contribution in [0, 0.1) is 0 Å². The Morgan fingerprint density at radius 2 is 1.80 bits per heavy atom. The smallest absolute Gasteiger partial charge is 0.0200 e. The van der Waals surface area contributed by atoms with E-state index in [2.05, 4.69) is 33.8 Å². The van der Waals surface area contributed by atoms with Crippen LogP contribution >= 0.6 is 0 Å². The molecular formula is C12H21N3. The van der Waals surface area contributed by atoms with Crippen LogP contribution in [0.15, 0.2) is 23.8 Å². The van der Waals surface area contributed by atoms with Gasteiger partial charge in [0.25, 0.3) is 0 Å². The van der Waals surface area contributed by atoms with Crippen molar-refractivity contribution in [2.75, 3.05) is 45.8 Å². The van der Waals surface area contributed by atoms with Gasteiger partial charge in [-0.3, -0.25) is 4.90 Å². The Morgan fingerprint density at radius 3 is 2.40 bits per heavy atom. The van der Waals surface area contributed by atoms with Crippen LogP contribution < -0.4 is 10.6 Å². The maximum Gasteiger partial charge on any atom is 0.0200 e. The second-order valence-electron chi connectivity index (χ2n) is 4.23. The van der Waals surface area contributed by atoms with Gasteiger partial charge in [0.1, 0.15) is 0 Å². The van der Waals surface area contributed by atoms with Crippen molar-refractivity contribution in [2.45, 2.75) is 6.42 Å². The molecule has 2 N–H and O–H groups in total. The molecule has 1 saturated heterocycles. The van der Waals surface area contributed by atoms with Crippen LogP contribution in [0.4, 0.5) is 0 Å². The number of rotatable bonds is 2. The van der Waals surface area contributed by atoms with Crippen molar-refractivity contribution in [3.8, 4) is 0 Å². The largest absolute Gasteiger partial charge is 0.314 e. The molecule has 2 aliphatic rings. The van der Waals surface area contributed by atoms with Crippen molar-refractivity contribution < 1.29 is 0 Å². The molecule has 0 unspecified atom stereocenters. The molecule has 0 aromatic carbocycles. The van der Waals surface area contributed by atoms with Crippen molar-refractivity contribution in [3.05, 3.63) is 23.8 Å². The monoisotopic (exact) mass is 207 g/mol. The summed E-state index contributed by atoms with van der Waals surface area (Å²) in [5, 5.41) is 6.89. The molecule has 84 valence electrons. The molecule has 0 bridgehead atoms. The molecule has 2 rings (SSSR count). The van der Waals surface area contributed by atoms with Crippen LogP contribution in [0.1, 0.15) is 6.42 Å². The van der Waals surface area contributed by atoms with Crippen LogP contribution in [0.3, 0.4) is 0 Å². The van der Waals surface area contributed by atoms with Crippen molar-refractivity contribution in [3.63, 3.8) is 0 Å². The van der Waals surface area contributed by atoms with Gasteiger partial charge in [0, 0.05) is 45.8 Å². The molecule has 3 heteroatoms. The molecule has 1 heterocycles. The molecule has 0 radical (unpaired) electrons. The predicted molar refractivity (Wildman–Crippen MR) is 64.0 cm³/mol.